The molecule has 8 heteroatoms. The second-order valence-electron chi connectivity index (χ2n) is 8.04. The molecule has 2 fully saturated rings. The number of likely N-dealkylation sites (tertiary alicyclic amines) is 1. The second-order valence-corrected chi connectivity index (χ2v) is 8.04. The van der Waals surface area contributed by atoms with E-state index in [2.05, 4.69) is 11.0 Å². The van der Waals surface area contributed by atoms with Gasteiger partial charge in [-0.3, -0.25) is 19.3 Å². The number of rotatable bonds is 8. The molecule has 0 aliphatic carbocycles. The highest BCUT2D eigenvalue weighted by atomic mass is 16.7. The third-order valence-corrected chi connectivity index (χ3v) is 6.17. The van der Waals surface area contributed by atoms with Crippen LogP contribution in [0.2, 0.25) is 0 Å². The molecule has 0 unspecified atom stereocenters. The quantitative estimate of drug-likeness (QED) is 0.632. The minimum atomic E-state index is -0.635. The van der Waals surface area contributed by atoms with E-state index in [9.17, 15) is 14.7 Å². The summed E-state index contributed by atoms with van der Waals surface area (Å²) in [6.07, 6.45) is 6.29. The van der Waals surface area contributed by atoms with Gasteiger partial charge in [0.15, 0.2) is 11.5 Å². The minimum absolute atomic E-state index is 0.113. The van der Waals surface area contributed by atoms with E-state index in [-0.39, 0.29) is 24.0 Å². The Kier molecular flexibility index (Phi) is 7.56. The molecule has 1 aromatic carbocycles. The first-order valence-corrected chi connectivity index (χ1v) is 10.7. The van der Waals surface area contributed by atoms with E-state index in [1.54, 1.807) is 12.1 Å². The fraction of sp³-hybridized carbons (Fsp3) is 0.565. The number of piperidine rings is 1. The third kappa shape index (κ3) is 4.85. The molecule has 1 N–H and O–H groups in total. The molecule has 2 aliphatic rings. The van der Waals surface area contributed by atoms with Gasteiger partial charge in [-0.05, 0) is 37.0 Å². The zero-order valence-corrected chi connectivity index (χ0v) is 18.5. The average molecular weight is 433 g/mol. The van der Waals surface area contributed by atoms with Gasteiger partial charge in [-0.2, -0.15) is 0 Å². The Bertz CT molecular complexity index is 816. The molecule has 8 nitrogen and oxygen atoms in total. The van der Waals surface area contributed by atoms with Gasteiger partial charge in [-0.15, -0.1) is 0 Å². The molecule has 2 saturated heterocycles. The number of benzene rings is 1. The summed E-state index contributed by atoms with van der Waals surface area (Å²) in [5.74, 6) is -0.427. The number of methoxy groups -OCH3 is 2. The summed E-state index contributed by atoms with van der Waals surface area (Å²) in [6, 6.07) is 5.22. The molecular weight excluding hydrogens is 400 g/mol. The van der Waals surface area contributed by atoms with Crippen LogP contribution in [0.5, 0.6) is 11.5 Å². The van der Waals surface area contributed by atoms with Gasteiger partial charge in [0, 0.05) is 26.1 Å². The molecule has 1 amide bonds. The summed E-state index contributed by atoms with van der Waals surface area (Å²) < 4.78 is 10.1. The molecule has 3 rings (SSSR count). The highest BCUT2D eigenvalue weighted by Crippen LogP contribution is 2.44. The van der Waals surface area contributed by atoms with Crippen molar-refractivity contribution in [3.8, 4) is 11.5 Å². The normalized spacial score (nSPS) is 21.2. The average Bonchev–Trinajstić information content (AvgIpc) is 3.05. The van der Waals surface area contributed by atoms with Gasteiger partial charge in [0.25, 0.3) is 0 Å². The number of hydroxylamine groups is 2. The van der Waals surface area contributed by atoms with Crippen LogP contribution in [0.1, 0.15) is 38.2 Å². The highest BCUT2D eigenvalue weighted by molar-refractivity contribution is 5.88. The Morgan fingerprint density at radius 3 is 2.68 bits per heavy atom. The number of ether oxygens (including phenoxy) is 2. The van der Waals surface area contributed by atoms with E-state index in [4.69, 9.17) is 14.3 Å². The van der Waals surface area contributed by atoms with Crippen LogP contribution in [-0.2, 0) is 19.2 Å². The van der Waals surface area contributed by atoms with Gasteiger partial charge >= 0.3 is 5.97 Å². The standard InChI is InChI=1S/C23H32N2O6/c1-4-14-31-25-21(27)16-18(22(28)30-3)23(25)9-12-24(13-10-23)11-5-6-17-7-8-19(26)20(15-17)29-2/h5-8,15,18,26H,4,9-14,16H2,1-3H3/b6-5+/t18-/m1/s1. The SMILES string of the molecule is CCCON1C(=O)C[C@H](C(=O)OC)C12CCN(C/C=C/c1ccc(O)c(OC)c1)CC2. The zero-order valence-electron chi connectivity index (χ0n) is 18.5. The number of aromatic hydroxyl groups is 1. The van der Waals surface area contributed by atoms with Crippen LogP contribution in [0, 0.1) is 5.92 Å². The first-order valence-electron chi connectivity index (χ1n) is 10.7. The van der Waals surface area contributed by atoms with Gasteiger partial charge < -0.3 is 14.6 Å². The van der Waals surface area contributed by atoms with Crippen LogP contribution in [-0.4, -0.2) is 72.9 Å². The van der Waals surface area contributed by atoms with Crippen molar-refractivity contribution in [2.45, 2.75) is 38.1 Å². The second kappa shape index (κ2) is 10.2. The Labute approximate surface area is 183 Å². The fourth-order valence-electron chi connectivity index (χ4n) is 4.48. The van der Waals surface area contributed by atoms with Crippen molar-refractivity contribution in [1.29, 1.82) is 0 Å². The predicted octanol–water partition coefficient (Wildman–Crippen LogP) is 2.61. The van der Waals surface area contributed by atoms with Crippen molar-refractivity contribution in [1.82, 2.24) is 9.96 Å². The van der Waals surface area contributed by atoms with E-state index in [0.29, 0.717) is 25.2 Å². The maximum Gasteiger partial charge on any atom is 0.311 e. The lowest BCUT2D eigenvalue weighted by Gasteiger charge is -2.45. The van der Waals surface area contributed by atoms with Crippen LogP contribution in [0.25, 0.3) is 6.08 Å². The van der Waals surface area contributed by atoms with Crippen LogP contribution >= 0.6 is 0 Å². The third-order valence-electron chi connectivity index (χ3n) is 6.17. The smallest absolute Gasteiger partial charge is 0.311 e. The molecule has 2 aliphatic heterocycles. The van der Waals surface area contributed by atoms with Crippen LogP contribution in [0.3, 0.4) is 0 Å². The summed E-state index contributed by atoms with van der Waals surface area (Å²) in [7, 11) is 2.89. The molecule has 1 spiro atoms. The first kappa shape index (κ1) is 23.1. The van der Waals surface area contributed by atoms with E-state index < -0.39 is 11.5 Å². The first-order chi connectivity index (χ1) is 14.9. The van der Waals surface area contributed by atoms with Crippen LogP contribution in [0.4, 0.5) is 0 Å². The molecule has 2 heterocycles. The predicted molar refractivity (Wildman–Crippen MR) is 115 cm³/mol. The topological polar surface area (TPSA) is 88.5 Å². The van der Waals surface area contributed by atoms with Crippen molar-refractivity contribution in [3.63, 3.8) is 0 Å². The fourth-order valence-corrected chi connectivity index (χ4v) is 4.48. The minimum Gasteiger partial charge on any atom is -0.504 e. The summed E-state index contributed by atoms with van der Waals surface area (Å²) in [4.78, 5) is 33.1. The molecule has 0 radical (unpaired) electrons. The summed E-state index contributed by atoms with van der Waals surface area (Å²) in [5.41, 5.74) is 0.304. The van der Waals surface area contributed by atoms with Crippen molar-refractivity contribution in [3.05, 3.63) is 29.8 Å². The number of carbonyl (C=O) groups is 2. The number of phenolic OH excluding ortho intramolecular Hbond substituents is 1. The lowest BCUT2D eigenvalue weighted by Crippen LogP contribution is -2.57. The summed E-state index contributed by atoms with van der Waals surface area (Å²) >= 11 is 0. The van der Waals surface area contributed by atoms with E-state index in [1.807, 2.05) is 19.1 Å². The number of hydrogen-bond acceptors (Lipinski definition) is 7. The van der Waals surface area contributed by atoms with Gasteiger partial charge in [0.1, 0.15) is 0 Å². The van der Waals surface area contributed by atoms with Gasteiger partial charge in [0.2, 0.25) is 5.91 Å². The summed E-state index contributed by atoms with van der Waals surface area (Å²) in [6.45, 7) is 4.67. The van der Waals surface area contributed by atoms with E-state index in [0.717, 1.165) is 31.6 Å². The molecule has 0 saturated carbocycles. The number of amides is 1. The Hall–Kier alpha value is -2.58. The van der Waals surface area contributed by atoms with Crippen molar-refractivity contribution < 1.29 is 29.0 Å². The maximum absolute atomic E-state index is 12.6. The lowest BCUT2D eigenvalue weighted by atomic mass is 9.77. The number of esters is 1. The molecule has 1 aromatic rings. The monoisotopic (exact) mass is 432 g/mol. The van der Waals surface area contributed by atoms with Crippen LogP contribution in [0.15, 0.2) is 24.3 Å². The van der Waals surface area contributed by atoms with Gasteiger partial charge in [-0.1, -0.05) is 25.1 Å². The molecule has 0 bridgehead atoms. The maximum atomic E-state index is 12.6. The number of phenols is 1. The Morgan fingerprint density at radius 1 is 1.29 bits per heavy atom. The van der Waals surface area contributed by atoms with Crippen LogP contribution < -0.4 is 4.74 Å². The van der Waals surface area contributed by atoms with Crippen molar-refractivity contribution >= 4 is 18.0 Å². The molecule has 0 aromatic heterocycles. The summed E-state index contributed by atoms with van der Waals surface area (Å²) in [5, 5.41) is 11.2. The molecule has 31 heavy (non-hydrogen) atoms. The highest BCUT2D eigenvalue weighted by Gasteiger charge is 2.58. The number of hydrogen-bond donors (Lipinski definition) is 1. The number of nitrogens with zero attached hydrogens (tertiary/aromatic N) is 2. The van der Waals surface area contributed by atoms with Gasteiger partial charge in [0.05, 0.1) is 32.3 Å². The Balaban J connectivity index is 1.65. The van der Waals surface area contributed by atoms with Gasteiger partial charge in [-0.25, -0.2) is 5.06 Å². The van der Waals surface area contributed by atoms with Crippen molar-refractivity contribution in [2.75, 3.05) is 40.5 Å². The van der Waals surface area contributed by atoms with E-state index >= 15 is 0 Å². The zero-order chi connectivity index (χ0) is 22.4. The van der Waals surface area contributed by atoms with Crippen molar-refractivity contribution in [2.24, 2.45) is 5.92 Å². The largest absolute Gasteiger partial charge is 0.504 e. The lowest BCUT2D eigenvalue weighted by molar-refractivity contribution is -0.223. The Morgan fingerprint density at radius 2 is 2.03 bits per heavy atom. The van der Waals surface area contributed by atoms with E-state index in [1.165, 1.54) is 19.3 Å². The molecule has 1 atom stereocenters. The molecular formula is C23H32N2O6. The molecule has 170 valence electrons. The number of carbonyl (C=O) groups excluding carboxylic acids is 2.